The molecule has 0 amide bonds. The normalized spacial score (nSPS) is 13.0. The number of allylic oxidation sites excluding steroid dienone is 1. The summed E-state index contributed by atoms with van der Waals surface area (Å²) < 4.78 is 10.7. The fourth-order valence-electron chi connectivity index (χ4n) is 2.63. The molecule has 3 rings (SSSR count). The average Bonchev–Trinajstić information content (AvgIpc) is 3.03. The molecule has 24 heavy (non-hydrogen) atoms. The Morgan fingerprint density at radius 1 is 1.17 bits per heavy atom. The van der Waals surface area contributed by atoms with Gasteiger partial charge in [-0.2, -0.15) is 0 Å². The molecule has 0 aliphatic carbocycles. The highest BCUT2D eigenvalue weighted by atomic mass is 16.7. The molecule has 1 aliphatic rings. The van der Waals surface area contributed by atoms with Crippen LogP contribution in [0.2, 0.25) is 0 Å². The summed E-state index contributed by atoms with van der Waals surface area (Å²) in [6, 6.07) is 11.4. The van der Waals surface area contributed by atoms with Crippen molar-refractivity contribution in [3.8, 4) is 11.5 Å². The lowest BCUT2D eigenvalue weighted by Gasteiger charge is -2.09. The summed E-state index contributed by atoms with van der Waals surface area (Å²) >= 11 is 0. The fraction of sp³-hybridized carbons (Fsp3) is 0.250. The van der Waals surface area contributed by atoms with Gasteiger partial charge in [-0.1, -0.05) is 38.1 Å². The first-order valence-corrected chi connectivity index (χ1v) is 8.03. The molecule has 0 spiro atoms. The highest BCUT2D eigenvalue weighted by molar-refractivity contribution is 6.01. The number of rotatable bonds is 5. The number of Topliss-reactive ketones (excluding diaryl/α,β-unsaturated/α-hetero) is 1. The van der Waals surface area contributed by atoms with Gasteiger partial charge < -0.3 is 15.2 Å². The highest BCUT2D eigenvalue weighted by Crippen LogP contribution is 2.32. The van der Waals surface area contributed by atoms with E-state index in [9.17, 15) is 4.79 Å². The largest absolute Gasteiger partial charge is 0.454 e. The maximum absolute atomic E-state index is 12.4. The van der Waals surface area contributed by atoms with E-state index < -0.39 is 0 Å². The van der Waals surface area contributed by atoms with Crippen LogP contribution in [0.4, 0.5) is 5.69 Å². The van der Waals surface area contributed by atoms with Gasteiger partial charge in [-0.3, -0.25) is 4.79 Å². The lowest BCUT2D eigenvalue weighted by molar-refractivity contribution is 0.0939. The van der Waals surface area contributed by atoms with Crippen molar-refractivity contribution in [1.82, 2.24) is 0 Å². The number of ether oxygens (including phenoxy) is 2. The zero-order valence-electron chi connectivity index (χ0n) is 13.9. The lowest BCUT2D eigenvalue weighted by atomic mass is 9.95. The third-order valence-electron chi connectivity index (χ3n) is 3.96. The number of carbonyl (C=O) groups excluding carboxylic acids is 1. The van der Waals surface area contributed by atoms with Gasteiger partial charge in [0.15, 0.2) is 17.3 Å². The summed E-state index contributed by atoms with van der Waals surface area (Å²) in [5, 5.41) is 0. The van der Waals surface area contributed by atoms with E-state index in [0.717, 1.165) is 29.0 Å². The maximum atomic E-state index is 12.4. The van der Waals surface area contributed by atoms with Gasteiger partial charge in [0, 0.05) is 17.2 Å². The second kappa shape index (κ2) is 6.79. The minimum atomic E-state index is -0.0622. The Bertz CT molecular complexity index is 793. The molecule has 2 aromatic carbocycles. The third kappa shape index (κ3) is 3.43. The second-order valence-electron chi connectivity index (χ2n) is 6.16. The van der Waals surface area contributed by atoms with Crippen LogP contribution in [0.15, 0.2) is 42.5 Å². The molecule has 0 aromatic heterocycles. The van der Waals surface area contributed by atoms with Crippen molar-refractivity contribution in [3.05, 3.63) is 59.2 Å². The van der Waals surface area contributed by atoms with E-state index in [1.54, 1.807) is 6.07 Å². The molecule has 4 nitrogen and oxygen atoms in total. The van der Waals surface area contributed by atoms with Gasteiger partial charge in [-0.05, 0) is 41.8 Å². The molecule has 2 aromatic rings. The van der Waals surface area contributed by atoms with Crippen LogP contribution in [0, 0.1) is 5.92 Å². The van der Waals surface area contributed by atoms with Gasteiger partial charge in [0.05, 0.1) is 0 Å². The van der Waals surface area contributed by atoms with E-state index in [0.29, 0.717) is 11.3 Å². The van der Waals surface area contributed by atoms with Crippen molar-refractivity contribution < 1.29 is 14.3 Å². The van der Waals surface area contributed by atoms with Crippen molar-refractivity contribution >= 4 is 17.5 Å². The van der Waals surface area contributed by atoms with Crippen molar-refractivity contribution in [2.45, 2.75) is 20.3 Å². The van der Waals surface area contributed by atoms with Gasteiger partial charge in [-0.15, -0.1) is 0 Å². The summed E-state index contributed by atoms with van der Waals surface area (Å²) in [4.78, 5) is 12.4. The van der Waals surface area contributed by atoms with Gasteiger partial charge >= 0.3 is 0 Å². The minimum absolute atomic E-state index is 0.0622. The van der Waals surface area contributed by atoms with Crippen molar-refractivity contribution in [1.29, 1.82) is 0 Å². The first-order valence-electron chi connectivity index (χ1n) is 8.03. The van der Waals surface area contributed by atoms with E-state index in [1.165, 1.54) is 0 Å². The van der Waals surface area contributed by atoms with Gasteiger partial charge in [0.2, 0.25) is 6.79 Å². The van der Waals surface area contributed by atoms with Crippen LogP contribution in [0.1, 0.15) is 35.3 Å². The lowest BCUT2D eigenvalue weighted by Crippen LogP contribution is -2.09. The molecule has 1 aliphatic heterocycles. The quantitative estimate of drug-likeness (QED) is 0.665. The number of nitrogens with two attached hydrogens (primary N) is 1. The molecule has 0 saturated carbocycles. The molecule has 0 saturated heterocycles. The van der Waals surface area contributed by atoms with Crippen LogP contribution in [0.3, 0.4) is 0 Å². The second-order valence-corrected chi connectivity index (χ2v) is 6.16. The average molecular weight is 323 g/mol. The molecule has 1 heterocycles. The standard InChI is InChI=1S/C20H21NO3/c1-13(2)20(22)17-11-16(21)8-7-15(17)5-3-4-14-6-9-18-19(10-14)24-12-23-18/h3,5-11,13H,4,12,21H2,1-2H3/b5-3+. The van der Waals surface area contributed by atoms with Crippen molar-refractivity contribution in [2.75, 3.05) is 12.5 Å². The summed E-state index contributed by atoms with van der Waals surface area (Å²) in [7, 11) is 0. The number of hydrogen-bond donors (Lipinski definition) is 1. The minimum Gasteiger partial charge on any atom is -0.454 e. The van der Waals surface area contributed by atoms with Crippen LogP contribution in [-0.2, 0) is 6.42 Å². The fourth-order valence-corrected chi connectivity index (χ4v) is 2.63. The first-order chi connectivity index (χ1) is 11.5. The molecule has 0 bridgehead atoms. The zero-order chi connectivity index (χ0) is 17.1. The zero-order valence-corrected chi connectivity index (χ0v) is 13.9. The van der Waals surface area contributed by atoms with Gasteiger partial charge in [0.1, 0.15) is 0 Å². The molecule has 0 atom stereocenters. The van der Waals surface area contributed by atoms with E-state index in [1.807, 2.05) is 56.3 Å². The summed E-state index contributed by atoms with van der Waals surface area (Å²) in [5.41, 5.74) is 9.13. The molecule has 0 fully saturated rings. The monoisotopic (exact) mass is 323 g/mol. The van der Waals surface area contributed by atoms with Crippen LogP contribution in [0.25, 0.3) is 6.08 Å². The summed E-state index contributed by atoms with van der Waals surface area (Å²) in [5.74, 6) is 1.60. The number of anilines is 1. The Hall–Kier alpha value is -2.75. The van der Waals surface area contributed by atoms with Crippen molar-refractivity contribution in [3.63, 3.8) is 0 Å². The molecule has 0 radical (unpaired) electrons. The van der Waals surface area contributed by atoms with Gasteiger partial charge in [-0.25, -0.2) is 0 Å². The molecular formula is C20H21NO3. The number of carbonyl (C=O) groups is 1. The molecular weight excluding hydrogens is 302 g/mol. The van der Waals surface area contributed by atoms with Crippen LogP contribution in [-0.4, -0.2) is 12.6 Å². The predicted octanol–water partition coefficient (Wildman–Crippen LogP) is 4.09. The number of ketones is 1. The SMILES string of the molecule is CC(C)C(=O)c1cc(N)ccc1/C=C/Cc1ccc2c(c1)OCO2. The molecule has 0 unspecified atom stereocenters. The summed E-state index contributed by atoms with van der Waals surface area (Å²) in [6.45, 7) is 4.07. The number of nitrogen functional groups attached to an aromatic ring is 1. The summed E-state index contributed by atoms with van der Waals surface area (Å²) in [6.07, 6.45) is 4.76. The highest BCUT2D eigenvalue weighted by Gasteiger charge is 2.14. The molecule has 124 valence electrons. The predicted molar refractivity (Wildman–Crippen MR) is 95.3 cm³/mol. The van der Waals surface area contributed by atoms with E-state index in [2.05, 4.69) is 0 Å². The third-order valence-corrected chi connectivity index (χ3v) is 3.96. The van der Waals surface area contributed by atoms with Crippen LogP contribution < -0.4 is 15.2 Å². The van der Waals surface area contributed by atoms with Crippen LogP contribution >= 0.6 is 0 Å². The Kier molecular flexibility index (Phi) is 4.56. The number of hydrogen-bond acceptors (Lipinski definition) is 4. The smallest absolute Gasteiger partial charge is 0.231 e. The maximum Gasteiger partial charge on any atom is 0.231 e. The van der Waals surface area contributed by atoms with E-state index in [4.69, 9.17) is 15.2 Å². The van der Waals surface area contributed by atoms with E-state index >= 15 is 0 Å². The Balaban J connectivity index is 1.78. The van der Waals surface area contributed by atoms with Crippen molar-refractivity contribution in [2.24, 2.45) is 5.92 Å². The molecule has 4 heteroatoms. The number of fused-ring (bicyclic) bond motifs is 1. The van der Waals surface area contributed by atoms with Gasteiger partial charge in [0.25, 0.3) is 0 Å². The molecule has 2 N–H and O–H groups in total. The Labute approximate surface area is 141 Å². The number of benzene rings is 2. The Morgan fingerprint density at radius 3 is 2.75 bits per heavy atom. The van der Waals surface area contributed by atoms with E-state index in [-0.39, 0.29) is 18.5 Å². The Morgan fingerprint density at radius 2 is 1.96 bits per heavy atom. The first kappa shape index (κ1) is 16.1. The van der Waals surface area contributed by atoms with Crippen LogP contribution in [0.5, 0.6) is 11.5 Å². The topological polar surface area (TPSA) is 61.6 Å².